The van der Waals surface area contributed by atoms with Crippen LogP contribution in [0.1, 0.15) is 60.4 Å². The number of hydrogen-bond acceptors (Lipinski definition) is 6. The molecule has 3 aliphatic rings. The normalized spacial score (nSPS) is 23.3. The number of ether oxygens (including phenoxy) is 1. The molecule has 0 spiro atoms. The minimum atomic E-state index is -1.81. The molecule has 1 aliphatic carbocycles. The lowest BCUT2D eigenvalue weighted by Gasteiger charge is -2.31. The number of esters is 1. The van der Waals surface area contributed by atoms with Gasteiger partial charge in [-0.05, 0) is 54.5 Å². The summed E-state index contributed by atoms with van der Waals surface area (Å²) in [6, 6.07) is 5.61. The molecule has 4 heterocycles. The number of nitrogens with two attached hydrogens (primary N) is 1. The number of aryl methyl sites for hydroxylation is 1. The molecule has 3 aromatic rings. The molecule has 0 saturated carbocycles. The molecule has 1 unspecified atom stereocenters. The standard InChI is InChI=1S/C24H23N3O4/c1-3-24(30)15-8-18-21-13(9-27(18)22(28)14(15)10-31-23(24)29)19-11(2)4-5-12-16(25)6-7-17(26-21)20(12)19/h6-8,11,30H,3-5,9-10,25H2,1-2H3/t11?,24-/m0/s1. The molecule has 31 heavy (non-hydrogen) atoms. The fourth-order valence-electron chi connectivity index (χ4n) is 5.61. The summed E-state index contributed by atoms with van der Waals surface area (Å²) in [5.74, 6) is -0.383. The molecule has 1 aromatic carbocycles. The van der Waals surface area contributed by atoms with Crippen molar-refractivity contribution in [2.45, 2.75) is 57.8 Å². The van der Waals surface area contributed by atoms with Crippen molar-refractivity contribution in [2.24, 2.45) is 0 Å². The first kappa shape index (κ1) is 18.6. The topological polar surface area (TPSA) is 107 Å². The lowest BCUT2D eigenvalue weighted by Crippen LogP contribution is -2.44. The van der Waals surface area contributed by atoms with Gasteiger partial charge in [0.15, 0.2) is 5.60 Å². The van der Waals surface area contributed by atoms with Crippen LogP contribution in [0, 0.1) is 0 Å². The summed E-state index contributed by atoms with van der Waals surface area (Å²) >= 11 is 0. The average molecular weight is 417 g/mol. The Morgan fingerprint density at radius 2 is 2.10 bits per heavy atom. The second-order valence-corrected chi connectivity index (χ2v) is 8.92. The number of fused-ring (bicyclic) bond motifs is 5. The highest BCUT2D eigenvalue weighted by Crippen LogP contribution is 2.46. The van der Waals surface area contributed by atoms with Gasteiger partial charge in [0.1, 0.15) is 6.61 Å². The third-order valence-corrected chi connectivity index (χ3v) is 7.36. The first-order chi connectivity index (χ1) is 14.8. The largest absolute Gasteiger partial charge is 0.458 e. The Bertz CT molecular complexity index is 1390. The summed E-state index contributed by atoms with van der Waals surface area (Å²) in [5.41, 5.74) is 11.4. The van der Waals surface area contributed by atoms with Gasteiger partial charge in [0, 0.05) is 22.2 Å². The zero-order valence-corrected chi connectivity index (χ0v) is 17.5. The number of aliphatic hydroxyl groups is 1. The van der Waals surface area contributed by atoms with E-state index in [2.05, 4.69) is 6.92 Å². The van der Waals surface area contributed by atoms with E-state index in [0.717, 1.165) is 46.3 Å². The molecule has 0 radical (unpaired) electrons. The zero-order chi connectivity index (χ0) is 21.7. The van der Waals surface area contributed by atoms with Crippen molar-refractivity contribution in [2.75, 3.05) is 5.73 Å². The monoisotopic (exact) mass is 417 g/mol. The predicted octanol–water partition coefficient (Wildman–Crippen LogP) is 2.71. The van der Waals surface area contributed by atoms with Crippen molar-refractivity contribution in [1.29, 1.82) is 0 Å². The number of rotatable bonds is 1. The number of cyclic esters (lactones) is 1. The number of nitrogen functional groups attached to an aromatic ring is 1. The van der Waals surface area contributed by atoms with Gasteiger partial charge in [0.05, 0.1) is 29.0 Å². The van der Waals surface area contributed by atoms with Crippen LogP contribution < -0.4 is 11.3 Å². The van der Waals surface area contributed by atoms with E-state index in [1.54, 1.807) is 17.6 Å². The summed E-state index contributed by atoms with van der Waals surface area (Å²) < 4.78 is 6.86. The number of aromatic nitrogens is 2. The number of carbonyl (C=O) groups excluding carboxylic acids is 1. The number of nitrogens with zero attached hydrogens (tertiary/aromatic N) is 2. The summed E-state index contributed by atoms with van der Waals surface area (Å²) in [5, 5.41) is 12.2. The molecule has 2 aromatic heterocycles. The maximum absolute atomic E-state index is 13.4. The highest BCUT2D eigenvalue weighted by atomic mass is 16.6. The molecular weight excluding hydrogens is 394 g/mol. The molecule has 0 amide bonds. The SMILES string of the molecule is CC[C@@]1(O)C(=O)OCc2c1cc1n(c2=O)Cc2c-1nc1ccc(N)c3c1c2C(C)CC3. The fraction of sp³-hybridized carbons (Fsp3) is 0.375. The van der Waals surface area contributed by atoms with E-state index < -0.39 is 11.6 Å². The van der Waals surface area contributed by atoms with Crippen molar-refractivity contribution < 1.29 is 14.6 Å². The molecule has 0 saturated heterocycles. The first-order valence-corrected chi connectivity index (χ1v) is 10.8. The number of hydrogen-bond donors (Lipinski definition) is 2. The Labute approximate surface area is 178 Å². The Hall–Kier alpha value is -3.19. The molecule has 3 N–H and O–H groups in total. The third kappa shape index (κ3) is 2.19. The Kier molecular flexibility index (Phi) is 3.56. The lowest BCUT2D eigenvalue weighted by molar-refractivity contribution is -0.172. The van der Waals surface area contributed by atoms with Crippen LogP contribution in [0.2, 0.25) is 0 Å². The predicted molar refractivity (Wildman–Crippen MR) is 116 cm³/mol. The van der Waals surface area contributed by atoms with Gasteiger partial charge in [0.2, 0.25) is 0 Å². The average Bonchev–Trinajstić information content (AvgIpc) is 3.13. The molecule has 7 nitrogen and oxygen atoms in total. The van der Waals surface area contributed by atoms with Gasteiger partial charge in [-0.15, -0.1) is 0 Å². The number of anilines is 1. The second kappa shape index (κ2) is 5.95. The summed E-state index contributed by atoms with van der Waals surface area (Å²) in [6.45, 7) is 4.22. The molecule has 7 heteroatoms. The van der Waals surface area contributed by atoms with Gasteiger partial charge < -0.3 is 20.1 Å². The van der Waals surface area contributed by atoms with Crippen molar-refractivity contribution in [3.8, 4) is 11.4 Å². The van der Waals surface area contributed by atoms with Crippen molar-refractivity contribution in [3.63, 3.8) is 0 Å². The minimum Gasteiger partial charge on any atom is -0.458 e. The Morgan fingerprint density at radius 1 is 1.29 bits per heavy atom. The van der Waals surface area contributed by atoms with Gasteiger partial charge in [-0.3, -0.25) is 4.79 Å². The van der Waals surface area contributed by atoms with Crippen LogP contribution >= 0.6 is 0 Å². The van der Waals surface area contributed by atoms with Crippen LogP contribution in [0.15, 0.2) is 23.0 Å². The van der Waals surface area contributed by atoms with Crippen LogP contribution in [0.3, 0.4) is 0 Å². The van der Waals surface area contributed by atoms with Gasteiger partial charge in [0.25, 0.3) is 5.56 Å². The maximum Gasteiger partial charge on any atom is 0.343 e. The van der Waals surface area contributed by atoms with Crippen molar-refractivity contribution in [3.05, 3.63) is 56.4 Å². The molecular formula is C24H23N3O4. The smallest absolute Gasteiger partial charge is 0.343 e. The zero-order valence-electron chi connectivity index (χ0n) is 17.5. The third-order valence-electron chi connectivity index (χ3n) is 7.36. The van der Waals surface area contributed by atoms with Crippen LogP contribution in [-0.4, -0.2) is 20.6 Å². The van der Waals surface area contributed by atoms with Gasteiger partial charge in [-0.25, -0.2) is 9.78 Å². The van der Waals surface area contributed by atoms with Gasteiger partial charge in [-0.2, -0.15) is 0 Å². The fourth-order valence-corrected chi connectivity index (χ4v) is 5.61. The van der Waals surface area contributed by atoms with E-state index in [1.807, 2.05) is 12.1 Å². The van der Waals surface area contributed by atoms with E-state index >= 15 is 0 Å². The molecule has 6 rings (SSSR count). The van der Waals surface area contributed by atoms with Crippen LogP contribution in [0.25, 0.3) is 22.3 Å². The van der Waals surface area contributed by atoms with E-state index in [0.29, 0.717) is 29.3 Å². The van der Waals surface area contributed by atoms with Gasteiger partial charge >= 0.3 is 5.97 Å². The number of benzene rings is 1. The molecule has 0 bridgehead atoms. The highest BCUT2D eigenvalue weighted by molar-refractivity contribution is 5.95. The molecule has 0 fully saturated rings. The number of carbonyl (C=O) groups is 1. The summed E-state index contributed by atoms with van der Waals surface area (Å²) in [6.07, 6.45) is 2.04. The maximum atomic E-state index is 13.4. The molecule has 2 atom stereocenters. The van der Waals surface area contributed by atoms with Crippen molar-refractivity contribution in [1.82, 2.24) is 9.55 Å². The highest BCUT2D eigenvalue weighted by Gasteiger charge is 2.45. The van der Waals surface area contributed by atoms with E-state index in [9.17, 15) is 14.7 Å². The Balaban J connectivity index is 1.69. The Morgan fingerprint density at radius 3 is 2.87 bits per heavy atom. The van der Waals surface area contributed by atoms with Gasteiger partial charge in [-0.1, -0.05) is 13.8 Å². The van der Waals surface area contributed by atoms with E-state index in [1.165, 1.54) is 5.56 Å². The van der Waals surface area contributed by atoms with Crippen LogP contribution in [0.5, 0.6) is 0 Å². The molecule has 158 valence electrons. The van der Waals surface area contributed by atoms with E-state index in [4.69, 9.17) is 15.5 Å². The molecule has 2 aliphatic heterocycles. The lowest BCUT2D eigenvalue weighted by atomic mass is 9.80. The number of pyridine rings is 2. The summed E-state index contributed by atoms with van der Waals surface area (Å²) in [4.78, 5) is 30.7. The second-order valence-electron chi connectivity index (χ2n) is 8.92. The quantitative estimate of drug-likeness (QED) is 0.364. The van der Waals surface area contributed by atoms with Crippen LogP contribution in [-0.2, 0) is 34.7 Å². The minimum absolute atomic E-state index is 0.120. The van der Waals surface area contributed by atoms with E-state index in [-0.39, 0.29) is 18.6 Å². The van der Waals surface area contributed by atoms with Crippen LogP contribution in [0.4, 0.5) is 5.69 Å². The summed E-state index contributed by atoms with van der Waals surface area (Å²) in [7, 11) is 0. The van der Waals surface area contributed by atoms with Crippen molar-refractivity contribution >= 4 is 22.6 Å². The first-order valence-electron chi connectivity index (χ1n) is 10.8.